The van der Waals surface area contributed by atoms with E-state index in [2.05, 4.69) is 27.3 Å². The molecular formula is C30H28FN3O. The second-order valence-corrected chi connectivity index (χ2v) is 9.81. The predicted octanol–water partition coefficient (Wildman–Crippen LogP) is 5.97. The molecule has 35 heavy (non-hydrogen) atoms. The molecule has 1 aromatic heterocycles. The van der Waals surface area contributed by atoms with Crippen molar-refractivity contribution in [2.45, 2.75) is 50.4 Å². The average molecular weight is 466 g/mol. The van der Waals surface area contributed by atoms with E-state index in [1.54, 1.807) is 18.5 Å². The third kappa shape index (κ3) is 4.44. The summed E-state index contributed by atoms with van der Waals surface area (Å²) in [7, 11) is 0. The number of halogens is 1. The third-order valence-electron chi connectivity index (χ3n) is 7.61. The van der Waals surface area contributed by atoms with Gasteiger partial charge in [0.25, 0.3) is 5.91 Å². The summed E-state index contributed by atoms with van der Waals surface area (Å²) in [5.74, 6) is -0.201. The number of benzene rings is 3. The van der Waals surface area contributed by atoms with Crippen molar-refractivity contribution in [2.24, 2.45) is 0 Å². The van der Waals surface area contributed by atoms with E-state index in [1.807, 2.05) is 48.5 Å². The first-order valence-electron chi connectivity index (χ1n) is 12.4. The highest BCUT2D eigenvalue weighted by molar-refractivity contribution is 6.01. The van der Waals surface area contributed by atoms with Gasteiger partial charge in [0.15, 0.2) is 0 Å². The minimum absolute atomic E-state index is 0.00276. The Bertz CT molecular complexity index is 1360. The molecule has 4 aromatic rings. The monoisotopic (exact) mass is 465 g/mol. The third-order valence-corrected chi connectivity index (χ3v) is 7.61. The molecule has 2 bridgehead atoms. The lowest BCUT2D eigenvalue weighted by Gasteiger charge is -2.39. The van der Waals surface area contributed by atoms with E-state index in [4.69, 9.17) is 0 Å². The zero-order valence-corrected chi connectivity index (χ0v) is 19.5. The molecule has 5 heteroatoms. The van der Waals surface area contributed by atoms with E-state index in [0.717, 1.165) is 41.3 Å². The van der Waals surface area contributed by atoms with Crippen LogP contribution >= 0.6 is 0 Å². The van der Waals surface area contributed by atoms with Gasteiger partial charge in [0, 0.05) is 42.6 Å². The lowest BCUT2D eigenvalue weighted by atomic mass is 9.95. The lowest BCUT2D eigenvalue weighted by Crippen LogP contribution is -2.50. The van der Waals surface area contributed by atoms with Crippen LogP contribution in [0, 0.1) is 5.82 Å². The number of fused-ring (bicyclic) bond motifs is 3. The fourth-order valence-electron chi connectivity index (χ4n) is 5.95. The van der Waals surface area contributed by atoms with Crippen molar-refractivity contribution in [3.05, 3.63) is 102 Å². The molecule has 2 atom stereocenters. The van der Waals surface area contributed by atoms with Crippen LogP contribution < -0.4 is 5.32 Å². The Labute approximate surface area is 204 Å². The molecule has 0 radical (unpaired) electrons. The average Bonchev–Trinajstić information content (AvgIpc) is 3.11. The fraction of sp³-hybridized carbons (Fsp3) is 0.267. The maximum absolute atomic E-state index is 13.5. The number of pyridine rings is 1. The van der Waals surface area contributed by atoms with Gasteiger partial charge < -0.3 is 5.32 Å². The van der Waals surface area contributed by atoms with Gasteiger partial charge >= 0.3 is 0 Å². The normalized spacial score (nSPS) is 21.8. The Morgan fingerprint density at radius 1 is 0.914 bits per heavy atom. The lowest BCUT2D eigenvalue weighted by molar-refractivity contribution is 0.0828. The molecule has 3 aromatic carbocycles. The highest BCUT2D eigenvalue weighted by Gasteiger charge is 2.41. The quantitative estimate of drug-likeness (QED) is 0.395. The molecule has 0 aliphatic carbocycles. The maximum Gasteiger partial charge on any atom is 0.252 e. The summed E-state index contributed by atoms with van der Waals surface area (Å²) in [5.41, 5.74) is 3.90. The zero-order valence-electron chi connectivity index (χ0n) is 19.5. The molecule has 0 unspecified atom stereocenters. The van der Waals surface area contributed by atoms with Crippen LogP contribution in [0.25, 0.3) is 21.9 Å². The summed E-state index contributed by atoms with van der Waals surface area (Å²) >= 11 is 0. The Morgan fingerprint density at radius 2 is 1.63 bits per heavy atom. The highest BCUT2D eigenvalue weighted by Crippen LogP contribution is 2.37. The van der Waals surface area contributed by atoms with Crippen molar-refractivity contribution >= 4 is 16.7 Å². The largest absolute Gasteiger partial charge is 0.349 e. The highest BCUT2D eigenvalue weighted by atomic mass is 19.1. The number of aromatic nitrogens is 1. The standard InChI is InChI=1S/C30H28FN3O/c31-24-8-7-22-15-20(5-6-23(22)16-24)19-34-26-9-10-27(34)18-25(17-26)33-30(35)29-4-2-1-3-28(29)21-11-13-32-14-12-21/h1-8,11-16,25-27H,9-10,17-19H2,(H,33,35)/t26-,27-/m1/s1. The first-order valence-corrected chi connectivity index (χ1v) is 12.4. The smallest absolute Gasteiger partial charge is 0.252 e. The predicted molar refractivity (Wildman–Crippen MR) is 136 cm³/mol. The van der Waals surface area contributed by atoms with Crippen molar-refractivity contribution in [3.63, 3.8) is 0 Å². The van der Waals surface area contributed by atoms with Crippen LogP contribution in [0.5, 0.6) is 0 Å². The molecule has 0 spiro atoms. The minimum atomic E-state index is -0.198. The van der Waals surface area contributed by atoms with Crippen LogP contribution in [-0.2, 0) is 6.54 Å². The van der Waals surface area contributed by atoms with Gasteiger partial charge in [0.05, 0.1) is 0 Å². The maximum atomic E-state index is 13.5. The van der Waals surface area contributed by atoms with Crippen molar-refractivity contribution in [1.29, 1.82) is 0 Å². The number of hydrogen-bond donors (Lipinski definition) is 1. The Morgan fingerprint density at radius 3 is 2.43 bits per heavy atom. The topological polar surface area (TPSA) is 45.2 Å². The number of rotatable bonds is 5. The minimum Gasteiger partial charge on any atom is -0.349 e. The van der Waals surface area contributed by atoms with Crippen molar-refractivity contribution in [2.75, 3.05) is 0 Å². The first-order chi connectivity index (χ1) is 17.1. The van der Waals surface area contributed by atoms with E-state index >= 15 is 0 Å². The van der Waals surface area contributed by atoms with Gasteiger partial charge in [-0.3, -0.25) is 14.7 Å². The van der Waals surface area contributed by atoms with E-state index in [1.165, 1.54) is 24.5 Å². The van der Waals surface area contributed by atoms with Gasteiger partial charge in [0.1, 0.15) is 5.82 Å². The number of nitrogens with zero attached hydrogens (tertiary/aromatic N) is 2. The Hall–Kier alpha value is -3.57. The molecule has 1 N–H and O–H groups in total. The molecular weight excluding hydrogens is 437 g/mol. The van der Waals surface area contributed by atoms with Crippen LogP contribution in [0.2, 0.25) is 0 Å². The molecule has 176 valence electrons. The second-order valence-electron chi connectivity index (χ2n) is 9.81. The number of piperidine rings is 1. The Kier molecular flexibility index (Phi) is 5.78. The molecule has 6 rings (SSSR count). The first kappa shape index (κ1) is 21.9. The van der Waals surface area contributed by atoms with E-state index in [9.17, 15) is 9.18 Å². The fourth-order valence-corrected chi connectivity index (χ4v) is 5.95. The summed E-state index contributed by atoms with van der Waals surface area (Å²) in [6.45, 7) is 0.897. The Balaban J connectivity index is 1.14. The van der Waals surface area contributed by atoms with Crippen LogP contribution in [-0.4, -0.2) is 33.9 Å². The van der Waals surface area contributed by atoms with Crippen LogP contribution in [0.4, 0.5) is 4.39 Å². The molecule has 3 heterocycles. The van der Waals surface area contributed by atoms with Gasteiger partial charge in [-0.05, 0) is 89.5 Å². The van der Waals surface area contributed by atoms with Crippen LogP contribution in [0.3, 0.4) is 0 Å². The SMILES string of the molecule is O=C(NC1C[C@H]2CC[C@H](C1)N2Cc1ccc2cc(F)ccc2c1)c1ccccc1-c1ccncc1. The summed E-state index contributed by atoms with van der Waals surface area (Å²) in [6, 6.07) is 24.1. The van der Waals surface area contributed by atoms with Crippen molar-refractivity contribution in [3.8, 4) is 11.1 Å². The van der Waals surface area contributed by atoms with Crippen LogP contribution in [0.1, 0.15) is 41.6 Å². The number of carbonyl (C=O) groups is 1. The zero-order chi connectivity index (χ0) is 23.8. The van der Waals surface area contributed by atoms with Gasteiger partial charge in [-0.2, -0.15) is 0 Å². The van der Waals surface area contributed by atoms with E-state index in [0.29, 0.717) is 17.6 Å². The van der Waals surface area contributed by atoms with E-state index < -0.39 is 0 Å². The van der Waals surface area contributed by atoms with Gasteiger partial charge in [-0.15, -0.1) is 0 Å². The van der Waals surface area contributed by atoms with Crippen molar-refractivity contribution in [1.82, 2.24) is 15.2 Å². The summed E-state index contributed by atoms with van der Waals surface area (Å²) in [5, 5.41) is 5.35. The summed E-state index contributed by atoms with van der Waals surface area (Å²) in [4.78, 5) is 20.0. The van der Waals surface area contributed by atoms with Gasteiger partial charge in [0.2, 0.25) is 0 Å². The van der Waals surface area contributed by atoms with Crippen molar-refractivity contribution < 1.29 is 9.18 Å². The molecule has 2 saturated heterocycles. The van der Waals surface area contributed by atoms with Gasteiger partial charge in [-0.25, -0.2) is 4.39 Å². The number of nitrogens with one attached hydrogen (secondary N) is 1. The molecule has 4 nitrogen and oxygen atoms in total. The second kappa shape index (κ2) is 9.23. The summed E-state index contributed by atoms with van der Waals surface area (Å²) < 4.78 is 13.5. The molecule has 2 aliphatic rings. The van der Waals surface area contributed by atoms with Crippen LogP contribution in [0.15, 0.2) is 85.2 Å². The van der Waals surface area contributed by atoms with E-state index in [-0.39, 0.29) is 17.8 Å². The number of carbonyl (C=O) groups excluding carboxylic acids is 1. The molecule has 2 fully saturated rings. The number of hydrogen-bond acceptors (Lipinski definition) is 3. The summed E-state index contributed by atoms with van der Waals surface area (Å²) in [6.07, 6.45) is 7.79. The number of amides is 1. The molecule has 1 amide bonds. The molecule has 0 saturated carbocycles. The molecule has 2 aliphatic heterocycles. The van der Waals surface area contributed by atoms with Gasteiger partial charge in [-0.1, -0.05) is 36.4 Å².